The molecule has 1 aliphatic rings. The standard InChI is InChI=1S/C26H22N2/c1-17-7-11-20(12-8-17)24-23-16-15-19-5-3-4-6-22(19)25(23)28-26(27-24)21-13-9-18(2)10-14-21/h3-14H,15-16H2,1-2H3. The summed E-state index contributed by atoms with van der Waals surface area (Å²) in [6.07, 6.45) is 2.01. The fraction of sp³-hybridized carbons (Fsp3) is 0.154. The van der Waals surface area contributed by atoms with Crippen LogP contribution in [0.4, 0.5) is 0 Å². The Morgan fingerprint density at radius 3 is 1.93 bits per heavy atom. The predicted octanol–water partition coefficient (Wildman–Crippen LogP) is 6.19. The molecule has 1 heterocycles. The molecule has 0 amide bonds. The maximum Gasteiger partial charge on any atom is 0.160 e. The number of rotatable bonds is 2. The first kappa shape index (κ1) is 16.9. The van der Waals surface area contributed by atoms with E-state index in [1.807, 2.05) is 0 Å². The first-order valence-corrected chi connectivity index (χ1v) is 9.82. The summed E-state index contributed by atoms with van der Waals surface area (Å²) in [7, 11) is 0. The highest BCUT2D eigenvalue weighted by Gasteiger charge is 2.23. The number of aryl methyl sites for hydroxylation is 3. The Labute approximate surface area is 165 Å². The monoisotopic (exact) mass is 362 g/mol. The smallest absolute Gasteiger partial charge is 0.160 e. The lowest BCUT2D eigenvalue weighted by atomic mass is 9.86. The van der Waals surface area contributed by atoms with E-state index in [-0.39, 0.29) is 0 Å². The topological polar surface area (TPSA) is 25.8 Å². The van der Waals surface area contributed by atoms with Crippen molar-refractivity contribution >= 4 is 0 Å². The van der Waals surface area contributed by atoms with Crippen molar-refractivity contribution in [2.45, 2.75) is 26.7 Å². The Hall–Kier alpha value is -3.26. The van der Waals surface area contributed by atoms with Crippen molar-refractivity contribution in [3.05, 3.63) is 95.1 Å². The summed E-state index contributed by atoms with van der Waals surface area (Å²) < 4.78 is 0. The molecule has 3 aromatic carbocycles. The zero-order chi connectivity index (χ0) is 19.1. The van der Waals surface area contributed by atoms with Gasteiger partial charge in [-0.15, -0.1) is 0 Å². The first-order chi connectivity index (χ1) is 13.7. The van der Waals surface area contributed by atoms with Gasteiger partial charge in [0.15, 0.2) is 5.82 Å². The third-order valence-corrected chi connectivity index (χ3v) is 5.56. The van der Waals surface area contributed by atoms with Crippen LogP contribution in [0.2, 0.25) is 0 Å². The molecule has 0 spiro atoms. The zero-order valence-corrected chi connectivity index (χ0v) is 16.2. The summed E-state index contributed by atoms with van der Waals surface area (Å²) in [5, 5.41) is 0. The molecular weight excluding hydrogens is 340 g/mol. The highest BCUT2D eigenvalue weighted by Crippen LogP contribution is 2.38. The van der Waals surface area contributed by atoms with Gasteiger partial charge in [0, 0.05) is 22.3 Å². The number of fused-ring (bicyclic) bond motifs is 3. The van der Waals surface area contributed by atoms with Crippen LogP contribution < -0.4 is 0 Å². The van der Waals surface area contributed by atoms with Crippen LogP contribution in [0.15, 0.2) is 72.8 Å². The van der Waals surface area contributed by atoms with Crippen LogP contribution in [0.25, 0.3) is 33.9 Å². The predicted molar refractivity (Wildman–Crippen MR) is 115 cm³/mol. The minimum atomic E-state index is 0.797. The van der Waals surface area contributed by atoms with E-state index in [4.69, 9.17) is 9.97 Å². The molecule has 1 aliphatic carbocycles. The molecule has 2 nitrogen and oxygen atoms in total. The molecule has 28 heavy (non-hydrogen) atoms. The van der Waals surface area contributed by atoms with Crippen LogP contribution in [-0.4, -0.2) is 9.97 Å². The summed E-state index contributed by atoms with van der Waals surface area (Å²) in [6, 6.07) is 25.8. The van der Waals surface area contributed by atoms with E-state index in [0.717, 1.165) is 41.2 Å². The minimum Gasteiger partial charge on any atom is -0.228 e. The second kappa shape index (κ2) is 6.72. The van der Waals surface area contributed by atoms with E-state index in [9.17, 15) is 0 Å². The van der Waals surface area contributed by atoms with Gasteiger partial charge >= 0.3 is 0 Å². The summed E-state index contributed by atoms with van der Waals surface area (Å²) in [5.74, 6) is 0.797. The van der Waals surface area contributed by atoms with Gasteiger partial charge in [0.1, 0.15) is 0 Å². The highest BCUT2D eigenvalue weighted by molar-refractivity contribution is 5.79. The Morgan fingerprint density at radius 2 is 1.21 bits per heavy atom. The summed E-state index contributed by atoms with van der Waals surface area (Å²) in [4.78, 5) is 10.1. The number of hydrogen-bond acceptors (Lipinski definition) is 2. The van der Waals surface area contributed by atoms with Crippen LogP contribution in [0, 0.1) is 13.8 Å². The molecule has 0 N–H and O–H groups in total. The Morgan fingerprint density at radius 1 is 0.607 bits per heavy atom. The molecule has 136 valence electrons. The SMILES string of the molecule is Cc1ccc(-c2nc(-c3ccc(C)cc3)c3c(n2)-c2ccccc2CC3)cc1. The van der Waals surface area contributed by atoms with Crippen molar-refractivity contribution in [3.63, 3.8) is 0 Å². The molecule has 0 fully saturated rings. The number of nitrogens with zero attached hydrogens (tertiary/aromatic N) is 2. The van der Waals surface area contributed by atoms with Crippen LogP contribution in [0.5, 0.6) is 0 Å². The van der Waals surface area contributed by atoms with E-state index in [0.29, 0.717) is 0 Å². The molecule has 0 saturated heterocycles. The molecule has 1 aromatic heterocycles. The maximum atomic E-state index is 5.05. The Kier molecular flexibility index (Phi) is 4.05. The van der Waals surface area contributed by atoms with Gasteiger partial charge in [-0.3, -0.25) is 0 Å². The van der Waals surface area contributed by atoms with Crippen molar-refractivity contribution in [2.75, 3.05) is 0 Å². The normalized spacial score (nSPS) is 12.4. The molecule has 0 saturated carbocycles. The maximum absolute atomic E-state index is 5.05. The second-order valence-electron chi connectivity index (χ2n) is 7.61. The van der Waals surface area contributed by atoms with Crippen LogP contribution in [0.1, 0.15) is 22.3 Å². The van der Waals surface area contributed by atoms with Crippen molar-refractivity contribution in [1.82, 2.24) is 9.97 Å². The number of benzene rings is 3. The Balaban J connectivity index is 1.78. The number of aromatic nitrogens is 2. The van der Waals surface area contributed by atoms with Crippen LogP contribution in [0.3, 0.4) is 0 Å². The quantitative estimate of drug-likeness (QED) is 0.425. The van der Waals surface area contributed by atoms with Gasteiger partial charge in [-0.1, -0.05) is 83.9 Å². The number of hydrogen-bond donors (Lipinski definition) is 0. The summed E-state index contributed by atoms with van der Waals surface area (Å²) in [5.41, 5.74) is 10.8. The highest BCUT2D eigenvalue weighted by atomic mass is 14.9. The third-order valence-electron chi connectivity index (χ3n) is 5.56. The average molecular weight is 362 g/mol. The lowest BCUT2D eigenvalue weighted by molar-refractivity contribution is 0.916. The molecule has 0 unspecified atom stereocenters. The van der Waals surface area contributed by atoms with E-state index in [1.165, 1.54) is 27.8 Å². The van der Waals surface area contributed by atoms with Gasteiger partial charge in [-0.2, -0.15) is 0 Å². The minimum absolute atomic E-state index is 0.797. The largest absolute Gasteiger partial charge is 0.228 e. The van der Waals surface area contributed by atoms with Gasteiger partial charge in [0.2, 0.25) is 0 Å². The summed E-state index contributed by atoms with van der Waals surface area (Å²) in [6.45, 7) is 4.22. The molecular formula is C26H22N2. The first-order valence-electron chi connectivity index (χ1n) is 9.82. The van der Waals surface area contributed by atoms with E-state index in [1.54, 1.807) is 0 Å². The lowest BCUT2D eigenvalue weighted by Crippen LogP contribution is -2.10. The van der Waals surface area contributed by atoms with Gasteiger partial charge in [0.25, 0.3) is 0 Å². The molecule has 0 radical (unpaired) electrons. The molecule has 0 bridgehead atoms. The molecule has 0 aliphatic heterocycles. The van der Waals surface area contributed by atoms with Crippen molar-refractivity contribution in [1.29, 1.82) is 0 Å². The van der Waals surface area contributed by atoms with E-state index >= 15 is 0 Å². The van der Waals surface area contributed by atoms with Gasteiger partial charge < -0.3 is 0 Å². The fourth-order valence-electron chi connectivity index (χ4n) is 3.95. The summed E-state index contributed by atoms with van der Waals surface area (Å²) >= 11 is 0. The Bertz CT molecular complexity index is 1160. The van der Waals surface area contributed by atoms with Crippen LogP contribution >= 0.6 is 0 Å². The van der Waals surface area contributed by atoms with E-state index in [2.05, 4.69) is 86.6 Å². The molecule has 0 atom stereocenters. The molecule has 2 heteroatoms. The van der Waals surface area contributed by atoms with E-state index < -0.39 is 0 Å². The zero-order valence-electron chi connectivity index (χ0n) is 16.2. The van der Waals surface area contributed by atoms with Crippen molar-refractivity contribution < 1.29 is 0 Å². The average Bonchev–Trinajstić information content (AvgIpc) is 2.74. The van der Waals surface area contributed by atoms with Gasteiger partial charge in [0.05, 0.1) is 11.4 Å². The molecule has 5 rings (SSSR count). The molecule has 4 aromatic rings. The van der Waals surface area contributed by atoms with Crippen molar-refractivity contribution in [2.24, 2.45) is 0 Å². The van der Waals surface area contributed by atoms with Gasteiger partial charge in [-0.25, -0.2) is 9.97 Å². The third kappa shape index (κ3) is 2.91. The lowest BCUT2D eigenvalue weighted by Gasteiger charge is -2.22. The van der Waals surface area contributed by atoms with Gasteiger partial charge in [-0.05, 0) is 32.3 Å². The fourth-order valence-corrected chi connectivity index (χ4v) is 3.95. The van der Waals surface area contributed by atoms with Crippen LogP contribution in [-0.2, 0) is 12.8 Å². The van der Waals surface area contributed by atoms with Crippen molar-refractivity contribution in [3.8, 4) is 33.9 Å². The second-order valence-corrected chi connectivity index (χ2v) is 7.61.